The summed E-state index contributed by atoms with van der Waals surface area (Å²) in [4.78, 5) is 25.7. The highest BCUT2D eigenvalue weighted by Crippen LogP contribution is 2.16. The quantitative estimate of drug-likeness (QED) is 0.806. The summed E-state index contributed by atoms with van der Waals surface area (Å²) in [6, 6.07) is 7.52. The third kappa shape index (κ3) is 2.07. The van der Waals surface area contributed by atoms with Crippen LogP contribution in [0.1, 0.15) is 27.2 Å². The van der Waals surface area contributed by atoms with Crippen LogP contribution in [-0.4, -0.2) is 27.5 Å². The van der Waals surface area contributed by atoms with Crippen LogP contribution in [0, 0.1) is 6.92 Å². The number of nitrogens with one attached hydrogen (secondary N) is 2. The van der Waals surface area contributed by atoms with Crippen molar-refractivity contribution in [2.45, 2.75) is 19.9 Å². The van der Waals surface area contributed by atoms with E-state index in [-0.39, 0.29) is 11.5 Å². The molecule has 0 aliphatic carbocycles. The number of rotatable bonds is 1. The Balaban J connectivity index is 1.87. The summed E-state index contributed by atoms with van der Waals surface area (Å²) in [6.07, 6.45) is 0.686. The van der Waals surface area contributed by atoms with E-state index in [9.17, 15) is 9.59 Å². The summed E-state index contributed by atoms with van der Waals surface area (Å²) >= 11 is 0. The van der Waals surface area contributed by atoms with E-state index in [1.54, 1.807) is 4.90 Å². The molecule has 0 radical (unpaired) electrons. The fourth-order valence-corrected chi connectivity index (χ4v) is 2.45. The maximum atomic E-state index is 12.4. The van der Waals surface area contributed by atoms with Gasteiger partial charge in [-0.25, -0.2) is 0 Å². The van der Waals surface area contributed by atoms with Gasteiger partial charge >= 0.3 is 0 Å². The number of aromatic amines is 2. The fourth-order valence-electron chi connectivity index (χ4n) is 2.45. The molecule has 0 fully saturated rings. The number of nitrogens with zero attached hydrogens (tertiary/aromatic N) is 1. The van der Waals surface area contributed by atoms with Crippen molar-refractivity contribution in [3.05, 3.63) is 57.0 Å². The lowest BCUT2D eigenvalue weighted by Gasteiger charge is -2.26. The standard InChI is InChI=1S/C14H15N3O2/c1-9-3-2-4-10(7-9)14(19)17-6-5-12-11(8-17)13(18)16-15-12/h2-4,7H,5-6,8H2,1H3,(H2,15,16,18). The zero-order valence-electron chi connectivity index (χ0n) is 10.7. The van der Waals surface area contributed by atoms with Crippen LogP contribution in [0.2, 0.25) is 0 Å². The first-order chi connectivity index (χ1) is 9.15. The van der Waals surface area contributed by atoms with E-state index in [0.29, 0.717) is 30.6 Å². The highest BCUT2D eigenvalue weighted by molar-refractivity contribution is 5.94. The van der Waals surface area contributed by atoms with Gasteiger partial charge in [-0.05, 0) is 19.1 Å². The molecule has 0 spiro atoms. The number of carbonyl (C=O) groups excluding carboxylic acids is 1. The van der Waals surface area contributed by atoms with Crippen LogP contribution in [0.3, 0.4) is 0 Å². The Morgan fingerprint density at radius 3 is 2.95 bits per heavy atom. The lowest BCUT2D eigenvalue weighted by atomic mass is 10.1. The van der Waals surface area contributed by atoms with Crippen molar-refractivity contribution in [2.75, 3.05) is 6.54 Å². The molecular formula is C14H15N3O2. The molecule has 0 atom stereocenters. The number of amides is 1. The zero-order chi connectivity index (χ0) is 13.4. The lowest BCUT2D eigenvalue weighted by Crippen LogP contribution is -2.37. The second kappa shape index (κ2) is 4.42. The van der Waals surface area contributed by atoms with Crippen molar-refractivity contribution >= 4 is 5.91 Å². The normalized spacial score (nSPS) is 14.3. The molecule has 3 rings (SSSR count). The molecule has 1 aliphatic rings. The van der Waals surface area contributed by atoms with Gasteiger partial charge in [-0.3, -0.25) is 14.7 Å². The topological polar surface area (TPSA) is 69.0 Å². The number of fused-ring (bicyclic) bond motifs is 1. The van der Waals surface area contributed by atoms with Gasteiger partial charge in [-0.15, -0.1) is 0 Å². The van der Waals surface area contributed by atoms with Crippen LogP contribution in [0.15, 0.2) is 29.1 Å². The summed E-state index contributed by atoms with van der Waals surface area (Å²) in [6.45, 7) is 2.97. The minimum Gasteiger partial charge on any atom is -0.334 e. The van der Waals surface area contributed by atoms with Gasteiger partial charge < -0.3 is 10.00 Å². The first kappa shape index (κ1) is 11.8. The van der Waals surface area contributed by atoms with Crippen molar-refractivity contribution in [3.8, 4) is 0 Å². The number of H-pyrrole nitrogens is 2. The lowest BCUT2D eigenvalue weighted by molar-refractivity contribution is 0.0733. The van der Waals surface area contributed by atoms with Crippen molar-refractivity contribution < 1.29 is 4.79 Å². The molecule has 98 valence electrons. The highest BCUT2D eigenvalue weighted by Gasteiger charge is 2.24. The van der Waals surface area contributed by atoms with Gasteiger partial charge in [0, 0.05) is 24.2 Å². The largest absolute Gasteiger partial charge is 0.334 e. The Bertz CT molecular complexity index is 684. The van der Waals surface area contributed by atoms with Crippen LogP contribution < -0.4 is 5.56 Å². The molecule has 1 aromatic heterocycles. The summed E-state index contributed by atoms with van der Waals surface area (Å²) in [7, 11) is 0. The molecule has 0 unspecified atom stereocenters. The Labute approximate surface area is 110 Å². The number of benzene rings is 1. The third-order valence-corrected chi connectivity index (χ3v) is 3.50. The van der Waals surface area contributed by atoms with Crippen LogP contribution in [0.25, 0.3) is 0 Å². The van der Waals surface area contributed by atoms with E-state index in [1.165, 1.54) is 0 Å². The SMILES string of the molecule is Cc1cccc(C(=O)N2CCc3[nH][nH]c(=O)c3C2)c1. The maximum Gasteiger partial charge on any atom is 0.269 e. The molecule has 1 aliphatic heterocycles. The second-order valence-corrected chi connectivity index (χ2v) is 4.88. The minimum absolute atomic E-state index is 0.0186. The predicted molar refractivity (Wildman–Crippen MR) is 71.0 cm³/mol. The molecule has 5 heteroatoms. The van der Waals surface area contributed by atoms with Gasteiger partial charge in [-0.1, -0.05) is 17.7 Å². The third-order valence-electron chi connectivity index (χ3n) is 3.50. The highest BCUT2D eigenvalue weighted by atomic mass is 16.2. The van der Waals surface area contributed by atoms with Crippen molar-refractivity contribution in [1.82, 2.24) is 15.1 Å². The number of aryl methyl sites for hydroxylation is 1. The summed E-state index contributed by atoms with van der Waals surface area (Å²) in [5, 5.41) is 5.43. The average Bonchev–Trinajstić information content (AvgIpc) is 2.79. The van der Waals surface area contributed by atoms with Gasteiger partial charge in [0.05, 0.1) is 12.1 Å². The van der Waals surface area contributed by atoms with Crippen LogP contribution in [0.4, 0.5) is 0 Å². The number of aromatic nitrogens is 2. The molecule has 1 amide bonds. The Hall–Kier alpha value is -2.30. The molecule has 0 saturated carbocycles. The summed E-state index contributed by atoms with van der Waals surface area (Å²) in [5.41, 5.74) is 3.20. The van der Waals surface area contributed by atoms with E-state index < -0.39 is 0 Å². The van der Waals surface area contributed by atoms with Gasteiger partial charge in [0.1, 0.15) is 0 Å². The summed E-state index contributed by atoms with van der Waals surface area (Å²) < 4.78 is 0. The number of hydrogen-bond acceptors (Lipinski definition) is 2. The van der Waals surface area contributed by atoms with Crippen LogP contribution in [0.5, 0.6) is 0 Å². The van der Waals surface area contributed by atoms with E-state index in [4.69, 9.17) is 0 Å². The molecular weight excluding hydrogens is 242 g/mol. The summed E-state index contributed by atoms with van der Waals surface area (Å²) in [5.74, 6) is -0.0186. The molecule has 2 aromatic rings. The molecule has 0 bridgehead atoms. The van der Waals surface area contributed by atoms with Crippen molar-refractivity contribution in [2.24, 2.45) is 0 Å². The Morgan fingerprint density at radius 2 is 2.16 bits per heavy atom. The van der Waals surface area contributed by atoms with Crippen molar-refractivity contribution in [1.29, 1.82) is 0 Å². The van der Waals surface area contributed by atoms with Crippen LogP contribution >= 0.6 is 0 Å². The molecule has 5 nitrogen and oxygen atoms in total. The maximum absolute atomic E-state index is 12.4. The molecule has 2 N–H and O–H groups in total. The van der Waals surface area contributed by atoms with Gasteiger partial charge in [-0.2, -0.15) is 0 Å². The Kier molecular flexibility index (Phi) is 2.74. The number of hydrogen-bond donors (Lipinski definition) is 2. The first-order valence-electron chi connectivity index (χ1n) is 6.29. The molecule has 19 heavy (non-hydrogen) atoms. The Morgan fingerprint density at radius 1 is 1.32 bits per heavy atom. The van der Waals surface area contributed by atoms with Gasteiger partial charge in [0.2, 0.25) is 0 Å². The van der Waals surface area contributed by atoms with E-state index in [2.05, 4.69) is 10.2 Å². The zero-order valence-corrected chi connectivity index (χ0v) is 10.7. The second-order valence-electron chi connectivity index (χ2n) is 4.88. The van der Waals surface area contributed by atoms with E-state index in [0.717, 1.165) is 11.3 Å². The van der Waals surface area contributed by atoms with Crippen molar-refractivity contribution in [3.63, 3.8) is 0 Å². The van der Waals surface area contributed by atoms with Gasteiger partial charge in [0.15, 0.2) is 0 Å². The molecule has 2 heterocycles. The van der Waals surface area contributed by atoms with Crippen LogP contribution in [-0.2, 0) is 13.0 Å². The van der Waals surface area contributed by atoms with E-state index >= 15 is 0 Å². The minimum atomic E-state index is -0.128. The smallest absolute Gasteiger partial charge is 0.269 e. The first-order valence-corrected chi connectivity index (χ1v) is 6.29. The monoisotopic (exact) mass is 257 g/mol. The van der Waals surface area contributed by atoms with E-state index in [1.807, 2.05) is 31.2 Å². The fraction of sp³-hybridized carbons (Fsp3) is 0.286. The van der Waals surface area contributed by atoms with Gasteiger partial charge in [0.25, 0.3) is 11.5 Å². The predicted octanol–water partition coefficient (Wildman–Crippen LogP) is 1.21. The average molecular weight is 257 g/mol. The molecule has 0 saturated heterocycles. The number of carbonyl (C=O) groups is 1. The molecule has 1 aromatic carbocycles.